The van der Waals surface area contributed by atoms with Crippen molar-refractivity contribution in [1.82, 2.24) is 0 Å². The molecule has 3 rings (SSSR count). The molecule has 0 unspecified atom stereocenters. The number of para-hydroxylation sites is 1. The first-order valence-corrected chi connectivity index (χ1v) is 8.61. The molecule has 5 nitrogen and oxygen atoms in total. The number of carbonyl (C=O) groups excluding carboxylic acids is 2. The number of unbranched alkanes of at least 4 members (excludes halogenated alkanes) is 1. The molecule has 2 aromatic rings. The quantitative estimate of drug-likeness (QED) is 0.482. The number of hydrogen-bond donors (Lipinski definition) is 1. The third-order valence-corrected chi connectivity index (χ3v) is 4.20. The van der Waals surface area contributed by atoms with Crippen LogP contribution >= 0.6 is 0 Å². The van der Waals surface area contributed by atoms with E-state index in [0.717, 1.165) is 29.7 Å². The first-order chi connectivity index (χ1) is 12.6. The Kier molecular flexibility index (Phi) is 5.37. The Hall–Kier alpha value is -3.08. The Morgan fingerprint density at radius 2 is 2.00 bits per heavy atom. The summed E-state index contributed by atoms with van der Waals surface area (Å²) < 4.78 is 10.6. The maximum Gasteiger partial charge on any atom is 0.337 e. The Balaban J connectivity index is 1.94. The number of amides is 1. The zero-order valence-corrected chi connectivity index (χ0v) is 14.9. The predicted octanol–water partition coefficient (Wildman–Crippen LogP) is 4.14. The smallest absolute Gasteiger partial charge is 0.337 e. The van der Waals surface area contributed by atoms with Gasteiger partial charge in [0.15, 0.2) is 0 Å². The van der Waals surface area contributed by atoms with Crippen molar-refractivity contribution in [3.8, 4) is 5.75 Å². The maximum atomic E-state index is 12.4. The first-order valence-electron chi connectivity index (χ1n) is 8.61. The summed E-state index contributed by atoms with van der Waals surface area (Å²) >= 11 is 0. The maximum absolute atomic E-state index is 12.4. The highest BCUT2D eigenvalue weighted by molar-refractivity contribution is 6.35. The lowest BCUT2D eigenvalue weighted by Gasteiger charge is -2.09. The van der Waals surface area contributed by atoms with Crippen molar-refractivity contribution >= 4 is 29.2 Å². The Morgan fingerprint density at radius 1 is 1.19 bits per heavy atom. The number of ether oxygens (including phenoxy) is 2. The predicted molar refractivity (Wildman–Crippen MR) is 101 cm³/mol. The molecular weight excluding hydrogens is 330 g/mol. The van der Waals surface area contributed by atoms with Crippen LogP contribution in [0.5, 0.6) is 5.75 Å². The van der Waals surface area contributed by atoms with Gasteiger partial charge in [-0.2, -0.15) is 0 Å². The van der Waals surface area contributed by atoms with Gasteiger partial charge in [-0.1, -0.05) is 37.6 Å². The molecule has 26 heavy (non-hydrogen) atoms. The molecule has 0 aliphatic carbocycles. The molecule has 0 aromatic heterocycles. The van der Waals surface area contributed by atoms with Crippen LogP contribution in [0, 0.1) is 0 Å². The molecule has 134 valence electrons. The number of rotatable bonds is 6. The van der Waals surface area contributed by atoms with Crippen molar-refractivity contribution in [2.24, 2.45) is 0 Å². The number of carbonyl (C=O) groups is 2. The summed E-state index contributed by atoms with van der Waals surface area (Å²) in [6.07, 6.45) is 3.85. The van der Waals surface area contributed by atoms with Gasteiger partial charge in [-0.3, -0.25) is 4.79 Å². The minimum atomic E-state index is -0.436. The van der Waals surface area contributed by atoms with Gasteiger partial charge in [-0.15, -0.1) is 0 Å². The second kappa shape index (κ2) is 7.87. The van der Waals surface area contributed by atoms with Crippen molar-refractivity contribution in [3.05, 3.63) is 59.2 Å². The number of anilines is 1. The Bertz CT molecular complexity index is 870. The molecule has 0 radical (unpaired) electrons. The van der Waals surface area contributed by atoms with Crippen LogP contribution in [-0.2, 0) is 9.53 Å². The lowest BCUT2D eigenvalue weighted by atomic mass is 10.0. The van der Waals surface area contributed by atoms with Crippen molar-refractivity contribution in [2.75, 3.05) is 19.0 Å². The molecule has 1 aliphatic rings. The number of methoxy groups -OCH3 is 1. The van der Waals surface area contributed by atoms with E-state index in [1.54, 1.807) is 18.2 Å². The van der Waals surface area contributed by atoms with Crippen LogP contribution < -0.4 is 10.1 Å². The average Bonchev–Trinajstić information content (AvgIpc) is 2.97. The largest absolute Gasteiger partial charge is 0.493 e. The van der Waals surface area contributed by atoms with E-state index in [1.165, 1.54) is 7.11 Å². The average molecular weight is 351 g/mol. The Morgan fingerprint density at radius 3 is 2.77 bits per heavy atom. The van der Waals surface area contributed by atoms with Gasteiger partial charge < -0.3 is 14.8 Å². The monoisotopic (exact) mass is 351 g/mol. The number of benzene rings is 2. The molecule has 1 aliphatic heterocycles. The van der Waals surface area contributed by atoms with Gasteiger partial charge in [0.2, 0.25) is 0 Å². The second-order valence-corrected chi connectivity index (χ2v) is 6.00. The Labute approximate surface area is 152 Å². The molecule has 1 heterocycles. The van der Waals surface area contributed by atoms with Crippen LogP contribution in [0.3, 0.4) is 0 Å². The van der Waals surface area contributed by atoms with E-state index in [9.17, 15) is 9.59 Å². The lowest BCUT2D eigenvalue weighted by Crippen LogP contribution is -2.04. The van der Waals surface area contributed by atoms with Crippen molar-refractivity contribution in [3.63, 3.8) is 0 Å². The summed E-state index contributed by atoms with van der Waals surface area (Å²) in [6.45, 7) is 2.75. The number of esters is 1. The number of nitrogens with one attached hydrogen (secondary N) is 1. The second-order valence-electron chi connectivity index (χ2n) is 6.00. The van der Waals surface area contributed by atoms with Crippen molar-refractivity contribution in [2.45, 2.75) is 19.8 Å². The van der Waals surface area contributed by atoms with E-state index in [2.05, 4.69) is 12.2 Å². The van der Waals surface area contributed by atoms with Gasteiger partial charge >= 0.3 is 5.97 Å². The summed E-state index contributed by atoms with van der Waals surface area (Å²) in [4.78, 5) is 24.1. The molecule has 1 N–H and O–H groups in total. The molecule has 0 saturated heterocycles. The molecule has 5 heteroatoms. The first kappa shape index (κ1) is 17.7. The molecule has 0 fully saturated rings. The fourth-order valence-electron chi connectivity index (χ4n) is 2.80. The molecule has 2 aromatic carbocycles. The summed E-state index contributed by atoms with van der Waals surface area (Å²) in [7, 11) is 1.33. The number of fused-ring (bicyclic) bond motifs is 1. The molecular formula is C21H21NO4. The van der Waals surface area contributed by atoms with Gasteiger partial charge in [-0.25, -0.2) is 4.79 Å². The fourth-order valence-corrected chi connectivity index (χ4v) is 2.80. The van der Waals surface area contributed by atoms with E-state index >= 15 is 0 Å². The van der Waals surface area contributed by atoms with E-state index < -0.39 is 5.97 Å². The normalized spacial score (nSPS) is 14.1. The third kappa shape index (κ3) is 3.61. The summed E-state index contributed by atoms with van der Waals surface area (Å²) in [5.41, 5.74) is 3.15. The van der Waals surface area contributed by atoms with Gasteiger partial charge in [0.05, 0.1) is 19.3 Å². The van der Waals surface area contributed by atoms with Gasteiger partial charge in [0, 0.05) is 22.4 Å². The van der Waals surface area contributed by atoms with Gasteiger partial charge in [0.25, 0.3) is 5.91 Å². The van der Waals surface area contributed by atoms with Gasteiger partial charge in [-0.05, 0) is 30.7 Å². The zero-order valence-electron chi connectivity index (χ0n) is 14.9. The van der Waals surface area contributed by atoms with Crippen LogP contribution in [0.4, 0.5) is 5.69 Å². The fraction of sp³-hybridized carbons (Fsp3) is 0.238. The van der Waals surface area contributed by atoms with Crippen LogP contribution in [0.2, 0.25) is 0 Å². The molecule has 1 amide bonds. The summed E-state index contributed by atoms with van der Waals surface area (Å²) in [6, 6.07) is 12.7. The number of hydrogen-bond acceptors (Lipinski definition) is 4. The topological polar surface area (TPSA) is 64.6 Å². The summed E-state index contributed by atoms with van der Waals surface area (Å²) in [5.74, 6) is 0.111. The molecule has 0 atom stereocenters. The molecule has 0 spiro atoms. The highest BCUT2D eigenvalue weighted by Gasteiger charge is 2.25. The lowest BCUT2D eigenvalue weighted by molar-refractivity contribution is -0.110. The molecule has 0 bridgehead atoms. The van der Waals surface area contributed by atoms with Crippen LogP contribution in [-0.4, -0.2) is 25.6 Å². The minimum Gasteiger partial charge on any atom is -0.493 e. The SMILES string of the molecule is CCCCOc1ccccc1/C=C1/C(=O)Nc2cc(C(=O)OC)ccc21. The van der Waals surface area contributed by atoms with Gasteiger partial charge in [0.1, 0.15) is 5.75 Å². The van der Waals surface area contributed by atoms with E-state index in [4.69, 9.17) is 9.47 Å². The van der Waals surface area contributed by atoms with Crippen molar-refractivity contribution < 1.29 is 19.1 Å². The van der Waals surface area contributed by atoms with E-state index in [-0.39, 0.29) is 5.91 Å². The highest BCUT2D eigenvalue weighted by Crippen LogP contribution is 2.35. The highest BCUT2D eigenvalue weighted by atomic mass is 16.5. The van der Waals surface area contributed by atoms with Crippen LogP contribution in [0.15, 0.2) is 42.5 Å². The van der Waals surface area contributed by atoms with E-state index in [1.807, 2.05) is 30.3 Å². The van der Waals surface area contributed by atoms with E-state index in [0.29, 0.717) is 23.4 Å². The zero-order chi connectivity index (χ0) is 18.5. The third-order valence-electron chi connectivity index (χ3n) is 4.20. The summed E-state index contributed by atoms with van der Waals surface area (Å²) in [5, 5.41) is 2.80. The molecule has 0 saturated carbocycles. The minimum absolute atomic E-state index is 0.203. The van der Waals surface area contributed by atoms with Crippen molar-refractivity contribution in [1.29, 1.82) is 0 Å². The van der Waals surface area contributed by atoms with Crippen LogP contribution in [0.1, 0.15) is 41.3 Å². The van der Waals surface area contributed by atoms with Crippen LogP contribution in [0.25, 0.3) is 11.6 Å². The standard InChI is InChI=1S/C21H21NO4/c1-3-4-11-26-19-8-6-5-7-14(19)12-17-16-10-9-15(21(24)25-2)13-18(16)22-20(17)23/h5-10,12-13H,3-4,11H2,1-2H3,(H,22,23)/b17-12+.